The Balaban J connectivity index is 1.69. The topological polar surface area (TPSA) is 72.7 Å². The van der Waals surface area contributed by atoms with Gasteiger partial charge in [-0.15, -0.1) is 10.2 Å². The van der Waals surface area contributed by atoms with Crippen LogP contribution in [0.2, 0.25) is 0 Å². The van der Waals surface area contributed by atoms with E-state index in [2.05, 4.69) is 51.0 Å². The van der Waals surface area contributed by atoms with E-state index < -0.39 is 0 Å². The van der Waals surface area contributed by atoms with Gasteiger partial charge in [-0.05, 0) is 31.0 Å². The molecule has 0 aliphatic heterocycles. The minimum atomic E-state index is 0.0289. The summed E-state index contributed by atoms with van der Waals surface area (Å²) in [5.41, 5.74) is 2.06. The number of amides is 1. The summed E-state index contributed by atoms with van der Waals surface area (Å²) in [5.74, 6) is 1.10. The first kappa shape index (κ1) is 22.0. The van der Waals surface area contributed by atoms with Crippen molar-refractivity contribution in [3.63, 3.8) is 0 Å². The van der Waals surface area contributed by atoms with Crippen LogP contribution in [0.1, 0.15) is 45.1 Å². The van der Waals surface area contributed by atoms with Gasteiger partial charge in [0.25, 0.3) is 0 Å². The van der Waals surface area contributed by atoms with Crippen LogP contribution in [-0.4, -0.2) is 37.5 Å². The van der Waals surface area contributed by atoms with Crippen molar-refractivity contribution in [2.45, 2.75) is 57.3 Å². The quantitative estimate of drug-likeness (QED) is 0.361. The second kappa shape index (κ2) is 11.5. The zero-order valence-electron chi connectivity index (χ0n) is 17.6. The van der Waals surface area contributed by atoms with Gasteiger partial charge in [0.2, 0.25) is 5.91 Å². The highest BCUT2D eigenvalue weighted by molar-refractivity contribution is 7.99. The lowest BCUT2D eigenvalue weighted by Gasteiger charge is -2.14. The van der Waals surface area contributed by atoms with Crippen LogP contribution >= 0.6 is 11.8 Å². The van der Waals surface area contributed by atoms with Crippen molar-refractivity contribution in [2.24, 2.45) is 0 Å². The number of benzene rings is 1. The second-order valence-electron chi connectivity index (χ2n) is 7.37. The molecule has 0 saturated heterocycles. The van der Waals surface area contributed by atoms with Gasteiger partial charge in [-0.2, -0.15) is 0 Å². The van der Waals surface area contributed by atoms with Crippen LogP contribution in [0.5, 0.6) is 0 Å². The summed E-state index contributed by atoms with van der Waals surface area (Å²) < 4.78 is 2.05. The lowest BCUT2D eigenvalue weighted by atomic mass is 10.1. The van der Waals surface area contributed by atoms with E-state index in [-0.39, 0.29) is 11.9 Å². The van der Waals surface area contributed by atoms with Gasteiger partial charge in [0, 0.05) is 24.0 Å². The molecule has 0 saturated carbocycles. The molecule has 158 valence electrons. The average Bonchev–Trinajstić information content (AvgIpc) is 3.16. The molecule has 0 aliphatic rings. The minimum absolute atomic E-state index is 0.0289. The van der Waals surface area contributed by atoms with Crippen molar-refractivity contribution in [2.75, 3.05) is 5.75 Å². The molecule has 0 spiro atoms. The fraction of sp³-hybridized carbons (Fsp3) is 0.391. The largest absolute Gasteiger partial charge is 0.353 e. The number of thioether (sulfide) groups is 1. The lowest BCUT2D eigenvalue weighted by Crippen LogP contribution is -2.33. The van der Waals surface area contributed by atoms with Crippen molar-refractivity contribution in [1.29, 1.82) is 0 Å². The molecule has 1 amide bonds. The van der Waals surface area contributed by atoms with Gasteiger partial charge in [-0.3, -0.25) is 14.3 Å². The normalized spacial score (nSPS) is 11.9. The molecular formula is C23H29N5OS. The van der Waals surface area contributed by atoms with Gasteiger partial charge in [0.1, 0.15) is 0 Å². The minimum Gasteiger partial charge on any atom is -0.353 e. The Kier molecular flexibility index (Phi) is 8.44. The van der Waals surface area contributed by atoms with E-state index in [1.54, 1.807) is 12.4 Å². The fourth-order valence-electron chi connectivity index (χ4n) is 3.23. The maximum atomic E-state index is 12.4. The molecule has 1 aromatic carbocycles. The Bertz CT molecular complexity index is 914. The van der Waals surface area contributed by atoms with Gasteiger partial charge < -0.3 is 5.32 Å². The number of aromatic nitrogens is 4. The summed E-state index contributed by atoms with van der Waals surface area (Å²) in [6.07, 6.45) is 8.07. The first-order valence-electron chi connectivity index (χ1n) is 10.5. The van der Waals surface area contributed by atoms with Crippen LogP contribution in [0.4, 0.5) is 0 Å². The Morgan fingerprint density at radius 2 is 1.97 bits per heavy atom. The number of unbranched alkanes of at least 4 members (excludes halogenated alkanes) is 2. The molecule has 0 radical (unpaired) electrons. The van der Waals surface area contributed by atoms with Gasteiger partial charge in [-0.25, -0.2) is 0 Å². The van der Waals surface area contributed by atoms with Crippen LogP contribution in [0, 0.1) is 0 Å². The van der Waals surface area contributed by atoms with E-state index in [0.29, 0.717) is 12.3 Å². The molecule has 1 N–H and O–H groups in total. The Morgan fingerprint density at radius 3 is 2.70 bits per heavy atom. The van der Waals surface area contributed by atoms with E-state index in [4.69, 9.17) is 0 Å². The maximum Gasteiger partial charge on any atom is 0.230 e. The lowest BCUT2D eigenvalue weighted by molar-refractivity contribution is -0.119. The van der Waals surface area contributed by atoms with Gasteiger partial charge in [0.05, 0.1) is 12.3 Å². The van der Waals surface area contributed by atoms with Crippen molar-refractivity contribution >= 4 is 17.7 Å². The fourth-order valence-corrected chi connectivity index (χ4v) is 3.98. The molecule has 3 rings (SSSR count). The van der Waals surface area contributed by atoms with Crippen molar-refractivity contribution in [1.82, 2.24) is 25.1 Å². The number of pyridine rings is 1. The third-order valence-electron chi connectivity index (χ3n) is 4.80. The number of hydrogen-bond acceptors (Lipinski definition) is 5. The van der Waals surface area contributed by atoms with Crippen molar-refractivity contribution in [3.05, 3.63) is 60.4 Å². The van der Waals surface area contributed by atoms with E-state index >= 15 is 0 Å². The molecule has 0 unspecified atom stereocenters. The number of carbonyl (C=O) groups is 1. The highest BCUT2D eigenvalue weighted by atomic mass is 32.2. The summed E-state index contributed by atoms with van der Waals surface area (Å²) in [7, 11) is 0. The Labute approximate surface area is 182 Å². The predicted octanol–water partition coefficient (Wildman–Crippen LogP) is 4.57. The molecule has 0 bridgehead atoms. The van der Waals surface area contributed by atoms with Crippen LogP contribution in [0.3, 0.4) is 0 Å². The Morgan fingerprint density at radius 1 is 1.13 bits per heavy atom. The molecule has 3 aromatic rings. The smallest absolute Gasteiger partial charge is 0.230 e. The summed E-state index contributed by atoms with van der Waals surface area (Å²) in [4.78, 5) is 16.6. The van der Waals surface area contributed by atoms with Gasteiger partial charge >= 0.3 is 0 Å². The number of rotatable bonds is 11. The average molecular weight is 424 g/mol. The van der Waals surface area contributed by atoms with E-state index in [1.807, 2.05) is 30.3 Å². The second-order valence-corrected chi connectivity index (χ2v) is 8.32. The predicted molar refractivity (Wildman–Crippen MR) is 121 cm³/mol. The van der Waals surface area contributed by atoms with Crippen LogP contribution in [-0.2, 0) is 11.3 Å². The molecule has 0 aliphatic carbocycles. The molecule has 30 heavy (non-hydrogen) atoms. The van der Waals surface area contributed by atoms with E-state index in [9.17, 15) is 4.79 Å². The summed E-state index contributed by atoms with van der Waals surface area (Å²) in [5, 5.41) is 12.6. The molecule has 2 aromatic heterocycles. The highest BCUT2D eigenvalue weighted by Gasteiger charge is 2.17. The summed E-state index contributed by atoms with van der Waals surface area (Å²) in [6.45, 7) is 4.89. The zero-order valence-corrected chi connectivity index (χ0v) is 18.4. The van der Waals surface area contributed by atoms with Gasteiger partial charge in [0.15, 0.2) is 11.0 Å². The van der Waals surface area contributed by atoms with E-state index in [0.717, 1.165) is 34.9 Å². The third-order valence-corrected chi connectivity index (χ3v) is 5.77. The van der Waals surface area contributed by atoms with E-state index in [1.165, 1.54) is 24.6 Å². The monoisotopic (exact) mass is 423 g/mol. The number of nitrogens with one attached hydrogen (secondary N) is 1. The first-order valence-corrected chi connectivity index (χ1v) is 11.5. The standard InChI is InChI=1S/C23H29N5OS/c1-3-4-6-10-18(2)25-21(29)17-30-23-27-26-22(20-13-9-14-24-15-20)28(23)16-19-11-7-5-8-12-19/h5,7-9,11-15,18H,3-4,6,10,16-17H2,1-2H3,(H,25,29)/t18-/m0/s1. The summed E-state index contributed by atoms with van der Waals surface area (Å²) >= 11 is 1.42. The van der Waals surface area contributed by atoms with Gasteiger partial charge in [-0.1, -0.05) is 68.3 Å². The SMILES string of the molecule is CCCCC[C@H](C)NC(=O)CSc1nnc(-c2cccnc2)n1Cc1ccccc1. The molecule has 1 atom stereocenters. The first-order chi connectivity index (χ1) is 14.7. The van der Waals surface area contributed by atoms with Crippen molar-refractivity contribution < 1.29 is 4.79 Å². The molecular weight excluding hydrogens is 394 g/mol. The molecule has 2 heterocycles. The van der Waals surface area contributed by atoms with Crippen molar-refractivity contribution in [3.8, 4) is 11.4 Å². The van der Waals surface area contributed by atoms with Crippen LogP contribution < -0.4 is 5.32 Å². The zero-order chi connectivity index (χ0) is 21.2. The number of carbonyl (C=O) groups excluding carboxylic acids is 1. The van der Waals surface area contributed by atoms with Crippen LogP contribution in [0.15, 0.2) is 60.0 Å². The molecule has 7 heteroatoms. The molecule has 0 fully saturated rings. The maximum absolute atomic E-state index is 12.4. The Hall–Kier alpha value is -2.67. The number of hydrogen-bond donors (Lipinski definition) is 1. The third kappa shape index (κ3) is 6.42. The van der Waals surface area contributed by atoms with Crippen LogP contribution in [0.25, 0.3) is 11.4 Å². The molecule has 6 nitrogen and oxygen atoms in total. The number of nitrogens with zero attached hydrogens (tertiary/aromatic N) is 4. The summed E-state index contributed by atoms with van der Waals surface area (Å²) in [6, 6.07) is 14.2. The highest BCUT2D eigenvalue weighted by Crippen LogP contribution is 2.24.